The van der Waals surface area contributed by atoms with Crippen molar-refractivity contribution in [1.29, 1.82) is 0 Å². The van der Waals surface area contributed by atoms with E-state index in [9.17, 15) is 0 Å². The maximum atomic E-state index is 0. The third kappa shape index (κ3) is 33.4. The molecule has 5 heavy (non-hydrogen) atoms. The Hall–Kier alpha value is 1.33. The van der Waals surface area contributed by atoms with Gasteiger partial charge in [-0.1, -0.05) is 0 Å². The molecule has 0 amide bonds. The molecule has 0 aliphatic carbocycles. The van der Waals surface area contributed by atoms with E-state index in [-0.39, 0.29) is 61.8 Å². The molecule has 1 nitrogen and oxygen atoms in total. The largest absolute Gasteiger partial charge is 1.00 e. The molecule has 0 heterocycles. The second kappa shape index (κ2) is 56.5. The molecule has 40 valence electrons. The number of hydrogen-bond donors (Lipinski definition) is 1. The third-order valence-electron chi connectivity index (χ3n) is 0. The van der Waals surface area contributed by atoms with Gasteiger partial charge < -0.3 is 61.8 Å². The van der Waals surface area contributed by atoms with Gasteiger partial charge in [-0.15, -0.1) is 0 Å². The van der Waals surface area contributed by atoms with Crippen LogP contribution in [-0.2, 0) is 0 Å². The molecule has 0 saturated heterocycles. The number of rotatable bonds is 0. The molecule has 5 heteroatoms. The first-order valence-electron chi connectivity index (χ1n) is 0. The average molecular weight is 277 g/mol. The van der Waals surface area contributed by atoms with Gasteiger partial charge >= 0.3 is 0 Å². The van der Waals surface area contributed by atoms with Gasteiger partial charge in [0.25, 0.3) is 0 Å². The Morgan fingerprint density at radius 2 is 0.600 bits per heavy atom. The quantitative estimate of drug-likeness (QED) is 0.456. The van der Waals surface area contributed by atoms with Gasteiger partial charge in [-0.25, -0.2) is 0 Å². The molecule has 0 radical (unpaired) electrons. The minimum Gasteiger partial charge on any atom is -1.00 e. The fraction of sp³-hybridized carbons (Fsp3) is 0. The first-order chi connectivity index (χ1) is 0. The van der Waals surface area contributed by atoms with E-state index in [1.807, 2.05) is 0 Å². The van der Waals surface area contributed by atoms with E-state index < -0.39 is 0 Å². The van der Waals surface area contributed by atoms with Crippen molar-refractivity contribution in [2.24, 2.45) is 0 Å². The van der Waals surface area contributed by atoms with E-state index in [1.165, 1.54) is 0 Å². The van der Waals surface area contributed by atoms with Crippen LogP contribution >= 0.6 is 0 Å². The fourth-order valence-electron chi connectivity index (χ4n) is 0. The summed E-state index contributed by atoms with van der Waals surface area (Å²) < 4.78 is 0. The van der Waals surface area contributed by atoms with Gasteiger partial charge in [-0.05, 0) is 0 Å². The van der Waals surface area contributed by atoms with Crippen LogP contribution in [0.5, 0.6) is 0 Å². The molecule has 0 aliphatic rings. The second-order valence-electron chi connectivity index (χ2n) is 0. The molecule has 0 aromatic rings. The van der Waals surface area contributed by atoms with Crippen LogP contribution in [-0.4, -0.2) is 0 Å². The zero-order valence-corrected chi connectivity index (χ0v) is 7.27. The number of halogens is 4. The van der Waals surface area contributed by atoms with Crippen molar-refractivity contribution >= 4 is 0 Å². The molecular weight excluding hydrogens is 273 g/mol. The summed E-state index contributed by atoms with van der Waals surface area (Å²) in [6.07, 6.45) is 0. The molecule has 0 bridgehead atoms. The fourth-order valence-corrected chi connectivity index (χ4v) is 0. The van der Waals surface area contributed by atoms with Crippen LogP contribution in [0.4, 0.5) is 0 Å². The van der Waals surface area contributed by atoms with Crippen LogP contribution in [0.3, 0.4) is 0 Å². The Bertz CT molecular complexity index is 6.85. The van der Waals surface area contributed by atoms with Crippen LogP contribution < -0.4 is 61.8 Å². The first-order valence-corrected chi connectivity index (χ1v) is 0. The van der Waals surface area contributed by atoms with E-state index in [0.29, 0.717) is 0 Å². The van der Waals surface area contributed by atoms with E-state index in [0.717, 1.165) is 0 Å². The zero-order valence-electron chi connectivity index (χ0n) is 2.51. The molecule has 0 unspecified atom stereocenters. The average Bonchev–Trinajstić information content (AvgIpc) is 0. The van der Waals surface area contributed by atoms with Crippen molar-refractivity contribution in [3.63, 3.8) is 0 Å². The molecule has 0 atom stereocenters. The van der Waals surface area contributed by atoms with Crippen LogP contribution in [0.1, 0.15) is 0 Å². The standard InChI is InChI=1S/3BrH.FH.H3N/h4*1H;1H3/p-3. The Morgan fingerprint density at radius 1 is 0.600 bits per heavy atom. The summed E-state index contributed by atoms with van der Waals surface area (Å²) in [6, 6.07) is 0. The lowest BCUT2D eigenvalue weighted by atomic mass is 14.0. The Morgan fingerprint density at radius 3 is 0.600 bits per heavy atom. The van der Waals surface area contributed by atoms with Crippen LogP contribution in [0.2, 0.25) is 0 Å². The Balaban J connectivity index is 0. The highest BCUT2D eigenvalue weighted by Crippen LogP contribution is -0.481. The van der Waals surface area contributed by atoms with Crippen molar-refractivity contribution in [3.8, 4) is 0 Å². The zero-order chi connectivity index (χ0) is 0. The van der Waals surface area contributed by atoms with Gasteiger partial charge in [0, 0.05) is 0 Å². The summed E-state index contributed by atoms with van der Waals surface area (Å²) >= 11 is 0. The molecule has 0 fully saturated rings. The lowest BCUT2D eigenvalue weighted by molar-refractivity contribution is -0.00100. The molecule has 0 spiro atoms. The second-order valence-corrected chi connectivity index (χ2v) is 0. The summed E-state index contributed by atoms with van der Waals surface area (Å²) in [6.45, 7) is 0. The summed E-state index contributed by atoms with van der Waals surface area (Å²) in [4.78, 5) is 0. The van der Waals surface area contributed by atoms with Gasteiger partial charge in [-0.2, -0.15) is 0 Å². The van der Waals surface area contributed by atoms with Crippen molar-refractivity contribution in [2.75, 3.05) is 0 Å². The predicted octanol–water partition coefficient (Wildman–Crippen LogP) is -11.6. The molecular formula is H4Br3FN-3. The molecule has 0 saturated carbocycles. The topological polar surface area (TPSA) is 36.5 Å². The lowest BCUT2D eigenvalue weighted by Gasteiger charge is -1.00. The summed E-state index contributed by atoms with van der Waals surface area (Å²) in [5, 5.41) is 0. The highest BCUT2D eigenvalue weighted by Gasteiger charge is -0.369. The smallest absolute Gasteiger partial charge is 0.369 e. The molecule has 0 aliphatic heterocycles. The van der Waals surface area contributed by atoms with Gasteiger partial charge in [0.1, 0.15) is 0 Å². The number of hydrogen-bond acceptors (Lipinski definition) is 0. The monoisotopic (exact) mass is 274 g/mol. The van der Waals surface area contributed by atoms with Gasteiger partial charge in [0.05, 0.1) is 0 Å². The third-order valence-corrected chi connectivity index (χ3v) is 0. The van der Waals surface area contributed by atoms with Crippen LogP contribution in [0.25, 0.3) is 0 Å². The summed E-state index contributed by atoms with van der Waals surface area (Å²) in [7, 11) is 0. The predicted molar refractivity (Wildman–Crippen MR) is 5.98 cm³/mol. The molecule has 0 aromatic carbocycles. The molecule has 0 rings (SSSR count). The minimum absolute atomic E-state index is 0. The van der Waals surface area contributed by atoms with Crippen molar-refractivity contribution in [1.82, 2.24) is 6.15 Å². The van der Waals surface area contributed by atoms with Crippen molar-refractivity contribution in [2.45, 2.75) is 0 Å². The highest BCUT2D eigenvalue weighted by atomic mass is 79.9. The first kappa shape index (κ1) is 102. The Kier molecular flexibility index (Phi) is 1150. The normalized spacial score (nSPS) is 0. The maximum absolute atomic E-state index is 0. The van der Waals surface area contributed by atoms with Gasteiger partial charge in [0.2, 0.25) is 0 Å². The van der Waals surface area contributed by atoms with Crippen molar-refractivity contribution in [3.05, 3.63) is 0 Å². The molecule has 4 N–H and O–H groups in total. The van der Waals surface area contributed by atoms with E-state index in [4.69, 9.17) is 0 Å². The highest BCUT2D eigenvalue weighted by molar-refractivity contribution is 2.13. The van der Waals surface area contributed by atoms with Gasteiger partial charge in [0.15, 0.2) is 0 Å². The lowest BCUT2D eigenvalue weighted by Crippen LogP contribution is -3.00. The minimum atomic E-state index is 0. The number of quaternary nitrogens is 1. The Labute approximate surface area is 61.8 Å². The summed E-state index contributed by atoms with van der Waals surface area (Å²) in [5.74, 6) is 0. The van der Waals surface area contributed by atoms with Crippen LogP contribution in [0.15, 0.2) is 0 Å². The van der Waals surface area contributed by atoms with E-state index in [1.54, 1.807) is 0 Å². The SMILES string of the molecule is [Br-].[Br-].[Br-].[F-].[NH4+]. The van der Waals surface area contributed by atoms with E-state index >= 15 is 0 Å². The summed E-state index contributed by atoms with van der Waals surface area (Å²) in [5.41, 5.74) is 0. The van der Waals surface area contributed by atoms with Crippen LogP contribution in [0, 0.1) is 0 Å². The molecule has 0 aromatic heterocycles. The van der Waals surface area contributed by atoms with E-state index in [2.05, 4.69) is 0 Å². The van der Waals surface area contributed by atoms with Crippen molar-refractivity contribution < 1.29 is 55.6 Å². The van der Waals surface area contributed by atoms with Gasteiger partial charge in [-0.3, -0.25) is 0 Å². The maximum Gasteiger partial charge on any atom is -0.369 e.